The van der Waals surface area contributed by atoms with Gasteiger partial charge in [0.1, 0.15) is 5.01 Å². The van der Waals surface area contributed by atoms with Gasteiger partial charge >= 0.3 is 0 Å². The molecule has 8 heteroatoms. The quantitative estimate of drug-likeness (QED) is 0.695. The van der Waals surface area contributed by atoms with Gasteiger partial charge in [-0.05, 0) is 30.3 Å². The molecule has 5 nitrogen and oxygen atoms in total. The second-order valence-corrected chi connectivity index (χ2v) is 7.57. The molecule has 1 N–H and O–H groups in total. The highest BCUT2D eigenvalue weighted by Crippen LogP contribution is 2.23. The van der Waals surface area contributed by atoms with Crippen molar-refractivity contribution in [1.82, 2.24) is 15.2 Å². The molecule has 134 valence electrons. The van der Waals surface area contributed by atoms with Gasteiger partial charge in [-0.2, -0.15) is 0 Å². The number of hydrogen-bond acceptors (Lipinski definition) is 4. The van der Waals surface area contributed by atoms with Gasteiger partial charge < -0.3 is 10.2 Å². The first kappa shape index (κ1) is 18.6. The second-order valence-electron chi connectivity index (χ2n) is 5.64. The average Bonchev–Trinajstić information content (AvgIpc) is 3.03. The van der Waals surface area contributed by atoms with E-state index in [2.05, 4.69) is 10.3 Å². The lowest BCUT2D eigenvalue weighted by Crippen LogP contribution is -2.37. The molecular formula is C18H15Cl2N3O2S. The van der Waals surface area contributed by atoms with Crippen LogP contribution in [0.5, 0.6) is 0 Å². The third-order valence-electron chi connectivity index (χ3n) is 3.72. The molecule has 0 radical (unpaired) electrons. The maximum atomic E-state index is 12.3. The molecule has 0 saturated heterocycles. The minimum atomic E-state index is -0.384. The van der Waals surface area contributed by atoms with Gasteiger partial charge in [0.25, 0.3) is 5.91 Å². The number of amides is 2. The lowest BCUT2D eigenvalue weighted by Gasteiger charge is -2.16. The number of benzene rings is 2. The highest BCUT2D eigenvalue weighted by molar-refractivity contribution is 7.18. The van der Waals surface area contributed by atoms with Crippen molar-refractivity contribution in [3.8, 4) is 0 Å². The zero-order chi connectivity index (χ0) is 18.7. The van der Waals surface area contributed by atoms with Crippen LogP contribution < -0.4 is 5.32 Å². The molecule has 0 atom stereocenters. The van der Waals surface area contributed by atoms with Gasteiger partial charge in [-0.15, -0.1) is 11.3 Å². The summed E-state index contributed by atoms with van der Waals surface area (Å²) < 4.78 is 1.08. The van der Waals surface area contributed by atoms with Crippen LogP contribution in [-0.2, 0) is 11.3 Å². The normalized spacial score (nSPS) is 10.7. The molecule has 0 bridgehead atoms. The van der Waals surface area contributed by atoms with Crippen molar-refractivity contribution in [3.05, 3.63) is 63.1 Å². The summed E-state index contributed by atoms with van der Waals surface area (Å²) in [7, 11) is 1.68. The number of carbonyl (C=O) groups excluding carboxylic acids is 2. The second kappa shape index (κ2) is 8.03. The van der Waals surface area contributed by atoms with E-state index in [0.717, 1.165) is 15.2 Å². The summed E-state index contributed by atoms with van der Waals surface area (Å²) >= 11 is 13.3. The lowest BCUT2D eigenvalue weighted by atomic mass is 10.2. The number of halogens is 2. The fraction of sp³-hybridized carbons (Fsp3) is 0.167. The number of nitrogens with zero attached hydrogens (tertiary/aromatic N) is 2. The summed E-state index contributed by atoms with van der Waals surface area (Å²) in [5.74, 6) is -0.594. The summed E-state index contributed by atoms with van der Waals surface area (Å²) in [4.78, 5) is 30.4. The number of likely N-dealkylation sites (N-methyl/N-ethyl adjacent to an activating group) is 1. The van der Waals surface area contributed by atoms with E-state index in [1.54, 1.807) is 30.5 Å². The molecule has 0 saturated carbocycles. The monoisotopic (exact) mass is 407 g/mol. The molecule has 1 heterocycles. The van der Waals surface area contributed by atoms with E-state index in [-0.39, 0.29) is 18.4 Å². The number of fused-ring (bicyclic) bond motifs is 1. The fourth-order valence-electron chi connectivity index (χ4n) is 2.31. The number of hydrogen-bond donors (Lipinski definition) is 1. The Kier molecular flexibility index (Phi) is 5.76. The molecule has 0 aliphatic rings. The third-order valence-corrected chi connectivity index (χ3v) is 5.48. The maximum absolute atomic E-state index is 12.3. The summed E-state index contributed by atoms with van der Waals surface area (Å²) in [6.07, 6.45) is 0. The Hall–Kier alpha value is -2.15. The Balaban J connectivity index is 1.56. The summed E-state index contributed by atoms with van der Waals surface area (Å²) in [5, 5.41) is 4.10. The Labute approximate surface area is 164 Å². The molecule has 3 aromatic rings. The fourth-order valence-corrected chi connectivity index (χ4v) is 3.63. The van der Waals surface area contributed by atoms with Crippen molar-refractivity contribution in [2.24, 2.45) is 0 Å². The molecular weight excluding hydrogens is 393 g/mol. The Morgan fingerprint density at radius 3 is 2.65 bits per heavy atom. The first-order chi connectivity index (χ1) is 12.4. The van der Waals surface area contributed by atoms with Gasteiger partial charge in [0.2, 0.25) is 5.91 Å². The van der Waals surface area contributed by atoms with Gasteiger partial charge in [0.15, 0.2) is 0 Å². The van der Waals surface area contributed by atoms with Crippen LogP contribution in [-0.4, -0.2) is 35.3 Å². The van der Waals surface area contributed by atoms with Crippen molar-refractivity contribution in [2.75, 3.05) is 13.6 Å². The van der Waals surface area contributed by atoms with Crippen LogP contribution >= 0.6 is 34.5 Å². The highest BCUT2D eigenvalue weighted by atomic mass is 35.5. The molecule has 2 aromatic carbocycles. The van der Waals surface area contributed by atoms with Crippen molar-refractivity contribution < 1.29 is 9.59 Å². The molecule has 0 aliphatic carbocycles. The van der Waals surface area contributed by atoms with E-state index >= 15 is 0 Å². The third kappa shape index (κ3) is 4.33. The van der Waals surface area contributed by atoms with Gasteiger partial charge in [-0.25, -0.2) is 4.98 Å². The largest absolute Gasteiger partial charge is 0.343 e. The van der Waals surface area contributed by atoms with Crippen molar-refractivity contribution in [2.45, 2.75) is 6.54 Å². The Bertz CT molecular complexity index is 941. The maximum Gasteiger partial charge on any atom is 0.251 e. The molecule has 0 aliphatic heterocycles. The predicted octanol–water partition coefficient (Wildman–Crippen LogP) is 3.99. The summed E-state index contributed by atoms with van der Waals surface area (Å²) in [6, 6.07) is 12.4. The van der Waals surface area contributed by atoms with E-state index in [4.69, 9.17) is 23.2 Å². The predicted molar refractivity (Wildman–Crippen MR) is 105 cm³/mol. The number of thiazole rings is 1. The number of nitrogens with one attached hydrogen (secondary N) is 1. The molecule has 0 fully saturated rings. The first-order valence-electron chi connectivity index (χ1n) is 7.75. The average molecular weight is 408 g/mol. The van der Waals surface area contributed by atoms with E-state index in [0.29, 0.717) is 22.2 Å². The Morgan fingerprint density at radius 2 is 1.92 bits per heavy atom. The van der Waals surface area contributed by atoms with E-state index < -0.39 is 0 Å². The SMILES string of the molecule is CN(Cc1nc2ccccc2s1)C(=O)CNC(=O)c1ccc(Cl)c(Cl)c1. The van der Waals surface area contributed by atoms with Crippen LogP contribution in [0.2, 0.25) is 10.0 Å². The van der Waals surface area contributed by atoms with Gasteiger partial charge in [0.05, 0.1) is 33.4 Å². The van der Waals surface area contributed by atoms with E-state index in [1.807, 2.05) is 24.3 Å². The van der Waals surface area contributed by atoms with Gasteiger partial charge in [-0.3, -0.25) is 9.59 Å². The minimum Gasteiger partial charge on any atom is -0.343 e. The first-order valence-corrected chi connectivity index (χ1v) is 9.33. The van der Waals surface area contributed by atoms with Crippen molar-refractivity contribution >= 4 is 56.6 Å². The van der Waals surface area contributed by atoms with Crippen LogP contribution in [0.3, 0.4) is 0 Å². The number of para-hydroxylation sites is 1. The topological polar surface area (TPSA) is 62.3 Å². The molecule has 2 amide bonds. The lowest BCUT2D eigenvalue weighted by molar-refractivity contribution is -0.129. The highest BCUT2D eigenvalue weighted by Gasteiger charge is 2.14. The van der Waals surface area contributed by atoms with Crippen LogP contribution in [0, 0.1) is 0 Å². The van der Waals surface area contributed by atoms with E-state index in [1.165, 1.54) is 11.0 Å². The summed E-state index contributed by atoms with van der Waals surface area (Å²) in [6.45, 7) is 0.279. The molecule has 3 rings (SSSR count). The van der Waals surface area contributed by atoms with Crippen LogP contribution in [0.4, 0.5) is 0 Å². The molecule has 0 spiro atoms. The van der Waals surface area contributed by atoms with Crippen LogP contribution in [0.1, 0.15) is 15.4 Å². The zero-order valence-electron chi connectivity index (χ0n) is 13.8. The van der Waals surface area contributed by atoms with Crippen molar-refractivity contribution in [3.63, 3.8) is 0 Å². The number of carbonyl (C=O) groups is 2. The smallest absolute Gasteiger partial charge is 0.251 e. The minimum absolute atomic E-state index is 0.111. The summed E-state index contributed by atoms with van der Waals surface area (Å²) in [5.41, 5.74) is 1.27. The number of aromatic nitrogens is 1. The standard InChI is InChI=1S/C18H15Cl2N3O2S/c1-23(10-16-22-14-4-2-3-5-15(14)26-16)17(24)9-21-18(25)11-6-7-12(19)13(20)8-11/h2-8H,9-10H2,1H3,(H,21,25). The van der Waals surface area contributed by atoms with Crippen LogP contribution in [0.25, 0.3) is 10.2 Å². The van der Waals surface area contributed by atoms with Gasteiger partial charge in [0, 0.05) is 12.6 Å². The molecule has 1 aromatic heterocycles. The van der Waals surface area contributed by atoms with Crippen LogP contribution in [0.15, 0.2) is 42.5 Å². The van der Waals surface area contributed by atoms with E-state index in [9.17, 15) is 9.59 Å². The Morgan fingerprint density at radius 1 is 1.15 bits per heavy atom. The van der Waals surface area contributed by atoms with Crippen molar-refractivity contribution in [1.29, 1.82) is 0 Å². The molecule has 26 heavy (non-hydrogen) atoms. The molecule has 0 unspecified atom stereocenters. The number of rotatable bonds is 5. The van der Waals surface area contributed by atoms with Gasteiger partial charge in [-0.1, -0.05) is 35.3 Å². The zero-order valence-corrected chi connectivity index (χ0v) is 16.2.